The van der Waals surface area contributed by atoms with E-state index in [0.717, 1.165) is 37.4 Å². The number of para-hydroxylation sites is 2. The van der Waals surface area contributed by atoms with E-state index in [1.54, 1.807) is 0 Å². The standard InChI is InChI=1S/C15H25NO2/c1-3-13(4-2)12-18-15-9-6-5-8-14(15)17-11-7-10-16/h5-6,8-9,13H,3-4,7,10-12,16H2,1-2H3. The number of benzene rings is 1. The van der Waals surface area contributed by atoms with E-state index >= 15 is 0 Å². The van der Waals surface area contributed by atoms with Crippen LogP contribution >= 0.6 is 0 Å². The lowest BCUT2D eigenvalue weighted by atomic mass is 10.1. The molecule has 0 radical (unpaired) electrons. The molecule has 0 atom stereocenters. The summed E-state index contributed by atoms with van der Waals surface area (Å²) in [4.78, 5) is 0. The highest BCUT2D eigenvalue weighted by Crippen LogP contribution is 2.27. The van der Waals surface area contributed by atoms with Gasteiger partial charge in [0.05, 0.1) is 13.2 Å². The Balaban J connectivity index is 2.52. The molecule has 0 fully saturated rings. The van der Waals surface area contributed by atoms with Gasteiger partial charge in [0.15, 0.2) is 11.5 Å². The van der Waals surface area contributed by atoms with Gasteiger partial charge in [-0.05, 0) is 31.0 Å². The summed E-state index contributed by atoms with van der Waals surface area (Å²) < 4.78 is 11.5. The maximum Gasteiger partial charge on any atom is 0.161 e. The molecule has 0 amide bonds. The minimum absolute atomic E-state index is 0.613. The molecule has 0 spiro atoms. The average Bonchev–Trinajstić information content (AvgIpc) is 2.41. The molecular formula is C15H25NO2. The highest BCUT2D eigenvalue weighted by atomic mass is 16.5. The summed E-state index contributed by atoms with van der Waals surface area (Å²) in [5, 5.41) is 0. The number of nitrogens with two attached hydrogens (primary N) is 1. The summed E-state index contributed by atoms with van der Waals surface area (Å²) in [7, 11) is 0. The monoisotopic (exact) mass is 251 g/mol. The molecule has 2 N–H and O–H groups in total. The maximum atomic E-state index is 5.86. The second-order valence-electron chi connectivity index (χ2n) is 4.43. The maximum absolute atomic E-state index is 5.86. The Kier molecular flexibility index (Phi) is 7.26. The Bertz CT molecular complexity index is 324. The van der Waals surface area contributed by atoms with Crippen LogP contribution in [0.1, 0.15) is 33.1 Å². The van der Waals surface area contributed by atoms with Crippen molar-refractivity contribution in [3.8, 4) is 11.5 Å². The van der Waals surface area contributed by atoms with Crippen LogP contribution in [-0.4, -0.2) is 19.8 Å². The van der Waals surface area contributed by atoms with E-state index in [0.29, 0.717) is 19.1 Å². The lowest BCUT2D eigenvalue weighted by molar-refractivity contribution is 0.222. The van der Waals surface area contributed by atoms with Gasteiger partial charge in [-0.25, -0.2) is 0 Å². The van der Waals surface area contributed by atoms with Gasteiger partial charge in [0.1, 0.15) is 0 Å². The van der Waals surface area contributed by atoms with E-state index in [1.165, 1.54) is 0 Å². The fourth-order valence-electron chi connectivity index (χ4n) is 1.69. The molecule has 0 aliphatic rings. The molecular weight excluding hydrogens is 226 g/mol. The van der Waals surface area contributed by atoms with Gasteiger partial charge in [-0.15, -0.1) is 0 Å². The molecule has 0 aliphatic carbocycles. The fourth-order valence-corrected chi connectivity index (χ4v) is 1.69. The Morgan fingerprint density at radius 2 is 1.67 bits per heavy atom. The SMILES string of the molecule is CCC(CC)COc1ccccc1OCCCN. The first-order chi connectivity index (χ1) is 8.81. The Morgan fingerprint density at radius 1 is 1.06 bits per heavy atom. The van der Waals surface area contributed by atoms with E-state index in [4.69, 9.17) is 15.2 Å². The summed E-state index contributed by atoms with van der Waals surface area (Å²) in [6.45, 7) is 6.44. The zero-order chi connectivity index (χ0) is 13.2. The van der Waals surface area contributed by atoms with Crippen LogP contribution in [0, 0.1) is 5.92 Å². The molecule has 0 aliphatic heterocycles. The third kappa shape index (κ3) is 4.96. The van der Waals surface area contributed by atoms with Crippen molar-refractivity contribution in [3.63, 3.8) is 0 Å². The van der Waals surface area contributed by atoms with E-state index in [-0.39, 0.29) is 0 Å². The van der Waals surface area contributed by atoms with Crippen LogP contribution < -0.4 is 15.2 Å². The van der Waals surface area contributed by atoms with E-state index < -0.39 is 0 Å². The van der Waals surface area contributed by atoms with Gasteiger partial charge < -0.3 is 15.2 Å². The van der Waals surface area contributed by atoms with Gasteiger partial charge in [-0.1, -0.05) is 38.8 Å². The Morgan fingerprint density at radius 3 is 2.22 bits per heavy atom. The zero-order valence-electron chi connectivity index (χ0n) is 11.5. The molecule has 102 valence electrons. The molecule has 0 bridgehead atoms. The smallest absolute Gasteiger partial charge is 0.161 e. The molecule has 0 saturated carbocycles. The Hall–Kier alpha value is -1.22. The van der Waals surface area contributed by atoms with Crippen molar-refractivity contribution >= 4 is 0 Å². The minimum atomic E-state index is 0.613. The molecule has 0 saturated heterocycles. The fraction of sp³-hybridized carbons (Fsp3) is 0.600. The van der Waals surface area contributed by atoms with Gasteiger partial charge in [0.2, 0.25) is 0 Å². The van der Waals surface area contributed by atoms with Gasteiger partial charge in [0.25, 0.3) is 0 Å². The normalized spacial score (nSPS) is 10.7. The van der Waals surface area contributed by atoms with Crippen molar-refractivity contribution in [2.75, 3.05) is 19.8 Å². The first-order valence-electron chi connectivity index (χ1n) is 6.86. The van der Waals surface area contributed by atoms with Crippen molar-refractivity contribution in [3.05, 3.63) is 24.3 Å². The molecule has 0 unspecified atom stereocenters. The van der Waals surface area contributed by atoms with Gasteiger partial charge in [-0.3, -0.25) is 0 Å². The first kappa shape index (κ1) is 14.8. The number of rotatable bonds is 9. The zero-order valence-corrected chi connectivity index (χ0v) is 11.5. The molecule has 0 heterocycles. The summed E-state index contributed by atoms with van der Waals surface area (Å²) in [5.41, 5.74) is 5.45. The lowest BCUT2D eigenvalue weighted by Crippen LogP contribution is -2.11. The van der Waals surface area contributed by atoms with Crippen molar-refractivity contribution in [1.29, 1.82) is 0 Å². The van der Waals surface area contributed by atoms with Crippen molar-refractivity contribution in [2.24, 2.45) is 11.7 Å². The third-order valence-corrected chi connectivity index (χ3v) is 3.08. The molecule has 1 aromatic carbocycles. The third-order valence-electron chi connectivity index (χ3n) is 3.08. The predicted molar refractivity (Wildman–Crippen MR) is 75.2 cm³/mol. The summed E-state index contributed by atoms with van der Waals surface area (Å²) >= 11 is 0. The minimum Gasteiger partial charge on any atom is -0.490 e. The number of hydrogen-bond acceptors (Lipinski definition) is 3. The summed E-state index contributed by atoms with van der Waals surface area (Å²) in [6.07, 6.45) is 3.15. The summed E-state index contributed by atoms with van der Waals surface area (Å²) in [5.74, 6) is 2.26. The van der Waals surface area contributed by atoms with Gasteiger partial charge in [-0.2, -0.15) is 0 Å². The van der Waals surface area contributed by atoms with E-state index in [9.17, 15) is 0 Å². The summed E-state index contributed by atoms with van der Waals surface area (Å²) in [6, 6.07) is 7.83. The van der Waals surface area contributed by atoms with Crippen molar-refractivity contribution < 1.29 is 9.47 Å². The lowest BCUT2D eigenvalue weighted by Gasteiger charge is -2.16. The largest absolute Gasteiger partial charge is 0.490 e. The highest BCUT2D eigenvalue weighted by molar-refractivity contribution is 5.39. The molecule has 18 heavy (non-hydrogen) atoms. The van der Waals surface area contributed by atoms with Crippen LogP contribution in [0.2, 0.25) is 0 Å². The van der Waals surface area contributed by atoms with Crippen LogP contribution in [-0.2, 0) is 0 Å². The van der Waals surface area contributed by atoms with E-state index in [2.05, 4.69) is 13.8 Å². The Labute approximate surface area is 110 Å². The quantitative estimate of drug-likeness (QED) is 0.685. The molecule has 3 heteroatoms. The number of hydrogen-bond donors (Lipinski definition) is 1. The first-order valence-corrected chi connectivity index (χ1v) is 6.86. The highest BCUT2D eigenvalue weighted by Gasteiger charge is 2.08. The van der Waals surface area contributed by atoms with Crippen LogP contribution in [0.4, 0.5) is 0 Å². The molecule has 1 rings (SSSR count). The second kappa shape index (κ2) is 8.81. The van der Waals surface area contributed by atoms with Crippen LogP contribution in [0.3, 0.4) is 0 Å². The molecule has 3 nitrogen and oxygen atoms in total. The number of ether oxygens (including phenoxy) is 2. The topological polar surface area (TPSA) is 44.5 Å². The predicted octanol–water partition coefficient (Wildman–Crippen LogP) is 3.23. The second-order valence-corrected chi connectivity index (χ2v) is 4.43. The van der Waals surface area contributed by atoms with Crippen LogP contribution in [0.25, 0.3) is 0 Å². The van der Waals surface area contributed by atoms with Crippen molar-refractivity contribution in [2.45, 2.75) is 33.1 Å². The van der Waals surface area contributed by atoms with Gasteiger partial charge >= 0.3 is 0 Å². The van der Waals surface area contributed by atoms with Crippen LogP contribution in [0.5, 0.6) is 11.5 Å². The average molecular weight is 251 g/mol. The van der Waals surface area contributed by atoms with Gasteiger partial charge in [0, 0.05) is 0 Å². The van der Waals surface area contributed by atoms with Crippen LogP contribution in [0.15, 0.2) is 24.3 Å². The van der Waals surface area contributed by atoms with E-state index in [1.807, 2.05) is 24.3 Å². The molecule has 0 aromatic heterocycles. The van der Waals surface area contributed by atoms with Crippen molar-refractivity contribution in [1.82, 2.24) is 0 Å². The molecule has 1 aromatic rings.